The summed E-state index contributed by atoms with van der Waals surface area (Å²) in [6.45, 7) is 1.32. The van der Waals surface area contributed by atoms with Crippen LogP contribution in [0.15, 0.2) is 6.33 Å². The van der Waals surface area contributed by atoms with Crippen molar-refractivity contribution in [3.8, 4) is 0 Å². The fraction of sp³-hybridized carbons (Fsp3) is 0.786. The Kier molecular flexibility index (Phi) is 5.11. The first-order valence-electron chi connectivity index (χ1n) is 7.23. The maximum Gasteiger partial charge on any atom is 0.303 e. The van der Waals surface area contributed by atoms with Gasteiger partial charge in [0, 0.05) is 20.1 Å². The van der Waals surface area contributed by atoms with E-state index in [0.29, 0.717) is 19.6 Å². The van der Waals surface area contributed by atoms with E-state index in [1.165, 1.54) is 6.42 Å². The normalized spacial score (nSPS) is 18.1. The van der Waals surface area contributed by atoms with Crippen LogP contribution in [0.1, 0.15) is 44.3 Å². The van der Waals surface area contributed by atoms with Crippen molar-refractivity contribution in [2.75, 3.05) is 13.7 Å². The van der Waals surface area contributed by atoms with Gasteiger partial charge in [-0.25, -0.2) is 0 Å². The third kappa shape index (κ3) is 3.79. The summed E-state index contributed by atoms with van der Waals surface area (Å²) in [6, 6.07) is 0. The second kappa shape index (κ2) is 6.83. The molecule has 1 aromatic rings. The van der Waals surface area contributed by atoms with E-state index in [4.69, 9.17) is 4.74 Å². The zero-order chi connectivity index (χ0) is 14.4. The highest BCUT2D eigenvalue weighted by molar-refractivity contribution is 5.67. The molecular weight excluding hydrogens is 258 g/mol. The minimum atomic E-state index is -0.713. The molecule has 1 N–H and O–H groups in total. The smallest absolute Gasteiger partial charge is 0.303 e. The minimum absolute atomic E-state index is 0.151. The van der Waals surface area contributed by atoms with Gasteiger partial charge in [0.25, 0.3) is 0 Å². The molecule has 6 nitrogen and oxygen atoms in total. The molecule has 112 valence electrons. The second-order valence-electron chi connectivity index (χ2n) is 5.74. The number of hydrogen-bond donors (Lipinski definition) is 1. The molecule has 0 unspecified atom stereocenters. The Morgan fingerprint density at radius 3 is 2.85 bits per heavy atom. The van der Waals surface area contributed by atoms with Gasteiger partial charge in [-0.3, -0.25) is 4.79 Å². The molecule has 1 heterocycles. The van der Waals surface area contributed by atoms with Crippen LogP contribution < -0.4 is 0 Å². The van der Waals surface area contributed by atoms with Gasteiger partial charge in [-0.05, 0) is 18.3 Å². The van der Waals surface area contributed by atoms with Crippen molar-refractivity contribution in [3.05, 3.63) is 12.2 Å². The highest BCUT2D eigenvalue weighted by Crippen LogP contribution is 2.41. The first-order chi connectivity index (χ1) is 9.65. The fourth-order valence-electron chi connectivity index (χ4n) is 3.17. The standard InChI is InChI=1S/C14H23N3O3/c1-20-8-7-17-11-15-16-12(17)9-14(10-13(18)19)5-3-2-4-6-14/h11H,2-10H2,1H3,(H,18,19). The minimum Gasteiger partial charge on any atom is -0.481 e. The van der Waals surface area contributed by atoms with E-state index in [1.807, 2.05) is 4.57 Å². The monoisotopic (exact) mass is 281 g/mol. The molecule has 1 fully saturated rings. The van der Waals surface area contributed by atoms with E-state index in [-0.39, 0.29) is 11.8 Å². The van der Waals surface area contributed by atoms with Gasteiger partial charge in [0.15, 0.2) is 0 Å². The summed E-state index contributed by atoms with van der Waals surface area (Å²) in [5.74, 6) is 0.167. The topological polar surface area (TPSA) is 77.2 Å². The summed E-state index contributed by atoms with van der Waals surface area (Å²) in [4.78, 5) is 11.2. The number of methoxy groups -OCH3 is 1. The lowest BCUT2D eigenvalue weighted by Crippen LogP contribution is -2.31. The maximum atomic E-state index is 11.2. The molecule has 0 spiro atoms. The van der Waals surface area contributed by atoms with Crippen molar-refractivity contribution >= 4 is 5.97 Å². The van der Waals surface area contributed by atoms with Crippen LogP contribution in [0.4, 0.5) is 0 Å². The largest absolute Gasteiger partial charge is 0.481 e. The summed E-state index contributed by atoms with van der Waals surface area (Å²) in [6.07, 6.45) is 7.99. The lowest BCUT2D eigenvalue weighted by Gasteiger charge is -2.35. The zero-order valence-corrected chi connectivity index (χ0v) is 12.0. The number of carbonyl (C=O) groups is 1. The quantitative estimate of drug-likeness (QED) is 0.826. The van der Waals surface area contributed by atoms with Crippen LogP contribution in [0.25, 0.3) is 0 Å². The summed E-state index contributed by atoms with van der Waals surface area (Å²) in [5.41, 5.74) is -0.151. The van der Waals surface area contributed by atoms with Gasteiger partial charge in [0.1, 0.15) is 12.2 Å². The molecule has 2 rings (SSSR count). The highest BCUT2D eigenvalue weighted by Gasteiger charge is 2.35. The summed E-state index contributed by atoms with van der Waals surface area (Å²) >= 11 is 0. The van der Waals surface area contributed by atoms with Crippen LogP contribution in [0.5, 0.6) is 0 Å². The molecule has 0 radical (unpaired) electrons. The Bertz CT molecular complexity index is 439. The van der Waals surface area contributed by atoms with Crippen LogP contribution >= 0.6 is 0 Å². The molecule has 1 aromatic heterocycles. The van der Waals surface area contributed by atoms with Gasteiger partial charge < -0.3 is 14.4 Å². The number of aromatic nitrogens is 3. The molecule has 0 atom stereocenters. The molecule has 1 aliphatic rings. The van der Waals surface area contributed by atoms with Gasteiger partial charge in [0.05, 0.1) is 13.0 Å². The van der Waals surface area contributed by atoms with E-state index in [1.54, 1.807) is 13.4 Å². The lowest BCUT2D eigenvalue weighted by atomic mass is 9.69. The van der Waals surface area contributed by atoms with Crippen molar-refractivity contribution in [2.24, 2.45) is 5.41 Å². The van der Waals surface area contributed by atoms with Crippen molar-refractivity contribution in [2.45, 2.75) is 51.5 Å². The van der Waals surface area contributed by atoms with E-state index >= 15 is 0 Å². The van der Waals surface area contributed by atoms with Crippen molar-refractivity contribution < 1.29 is 14.6 Å². The number of rotatable bonds is 7. The number of ether oxygens (including phenoxy) is 1. The van der Waals surface area contributed by atoms with E-state index in [9.17, 15) is 9.90 Å². The van der Waals surface area contributed by atoms with Gasteiger partial charge in [-0.2, -0.15) is 0 Å². The molecule has 6 heteroatoms. The van der Waals surface area contributed by atoms with Gasteiger partial charge in [-0.1, -0.05) is 19.3 Å². The first-order valence-corrected chi connectivity index (χ1v) is 7.23. The van der Waals surface area contributed by atoms with Crippen LogP contribution in [0, 0.1) is 5.41 Å². The molecular formula is C14H23N3O3. The van der Waals surface area contributed by atoms with Crippen molar-refractivity contribution in [1.29, 1.82) is 0 Å². The van der Waals surface area contributed by atoms with E-state index in [2.05, 4.69) is 10.2 Å². The molecule has 20 heavy (non-hydrogen) atoms. The number of hydrogen-bond acceptors (Lipinski definition) is 4. The maximum absolute atomic E-state index is 11.2. The van der Waals surface area contributed by atoms with Gasteiger partial charge in [0.2, 0.25) is 0 Å². The SMILES string of the molecule is COCCn1cnnc1CC1(CC(=O)O)CCCCC1. The molecule has 0 aliphatic heterocycles. The van der Waals surface area contributed by atoms with E-state index < -0.39 is 5.97 Å². The Morgan fingerprint density at radius 2 is 2.20 bits per heavy atom. The Hall–Kier alpha value is -1.43. The highest BCUT2D eigenvalue weighted by atomic mass is 16.5. The first kappa shape index (κ1) is 15.0. The number of carboxylic acid groups (broad SMARTS) is 1. The van der Waals surface area contributed by atoms with E-state index in [0.717, 1.165) is 31.5 Å². The number of aliphatic carboxylic acids is 1. The average Bonchev–Trinajstić information content (AvgIpc) is 2.83. The molecule has 1 saturated carbocycles. The lowest BCUT2D eigenvalue weighted by molar-refractivity contribution is -0.140. The number of carboxylic acids is 1. The van der Waals surface area contributed by atoms with Crippen molar-refractivity contribution in [3.63, 3.8) is 0 Å². The van der Waals surface area contributed by atoms with Crippen LogP contribution in [-0.4, -0.2) is 39.6 Å². The average molecular weight is 281 g/mol. The van der Waals surface area contributed by atoms with Crippen LogP contribution in [0.3, 0.4) is 0 Å². The molecule has 0 aromatic carbocycles. The third-order valence-corrected chi connectivity index (χ3v) is 4.21. The van der Waals surface area contributed by atoms with Gasteiger partial charge in [-0.15, -0.1) is 10.2 Å². The molecule has 0 bridgehead atoms. The fourth-order valence-corrected chi connectivity index (χ4v) is 3.17. The summed E-state index contributed by atoms with van der Waals surface area (Å²) < 4.78 is 7.05. The Balaban J connectivity index is 2.11. The zero-order valence-electron chi connectivity index (χ0n) is 12.0. The third-order valence-electron chi connectivity index (χ3n) is 4.21. The summed E-state index contributed by atoms with van der Waals surface area (Å²) in [5, 5.41) is 17.3. The van der Waals surface area contributed by atoms with Crippen LogP contribution in [-0.2, 0) is 22.5 Å². The molecule has 0 saturated heterocycles. The van der Waals surface area contributed by atoms with Crippen LogP contribution in [0.2, 0.25) is 0 Å². The second-order valence-corrected chi connectivity index (χ2v) is 5.74. The Morgan fingerprint density at radius 1 is 1.45 bits per heavy atom. The molecule has 1 aliphatic carbocycles. The summed E-state index contributed by atoms with van der Waals surface area (Å²) in [7, 11) is 1.66. The predicted molar refractivity (Wildman–Crippen MR) is 73.4 cm³/mol. The molecule has 0 amide bonds. The Labute approximate surface area is 119 Å². The predicted octanol–water partition coefficient (Wildman–Crippen LogP) is 1.89. The van der Waals surface area contributed by atoms with Gasteiger partial charge >= 0.3 is 5.97 Å². The van der Waals surface area contributed by atoms with Crippen molar-refractivity contribution in [1.82, 2.24) is 14.8 Å². The number of nitrogens with zero attached hydrogens (tertiary/aromatic N) is 3.